The minimum absolute atomic E-state index is 0.220. The van der Waals surface area contributed by atoms with E-state index in [2.05, 4.69) is 67.8 Å². The van der Waals surface area contributed by atoms with Crippen LogP contribution in [0.2, 0.25) is 0 Å². The van der Waals surface area contributed by atoms with Crippen LogP contribution in [0.5, 0.6) is 5.75 Å². The summed E-state index contributed by atoms with van der Waals surface area (Å²) in [5, 5.41) is 2.72. The third kappa shape index (κ3) is 3.94. The van der Waals surface area contributed by atoms with Gasteiger partial charge in [-0.25, -0.2) is 4.79 Å². The average Bonchev–Trinajstić information content (AvgIpc) is 2.71. The van der Waals surface area contributed by atoms with Crippen LogP contribution in [0.15, 0.2) is 65.6 Å². The zero-order chi connectivity index (χ0) is 21.6. The van der Waals surface area contributed by atoms with Crippen molar-refractivity contribution in [2.24, 2.45) is 0 Å². The molecule has 0 amide bonds. The van der Waals surface area contributed by atoms with Gasteiger partial charge in [-0.15, -0.1) is 0 Å². The molecule has 4 rings (SSSR count). The van der Waals surface area contributed by atoms with Gasteiger partial charge in [-0.2, -0.15) is 8.42 Å². The van der Waals surface area contributed by atoms with Crippen LogP contribution in [0.1, 0.15) is 10.4 Å². The first-order valence-electron chi connectivity index (χ1n) is 8.46. The summed E-state index contributed by atoms with van der Waals surface area (Å²) in [5.41, 5.74) is 0.460. The molecule has 4 aromatic carbocycles. The van der Waals surface area contributed by atoms with Crippen LogP contribution < -0.4 is 4.74 Å². The van der Waals surface area contributed by atoms with Crippen LogP contribution in [0.25, 0.3) is 21.5 Å². The van der Waals surface area contributed by atoms with Crippen molar-refractivity contribution in [1.82, 2.24) is 0 Å². The molecular weight excluding hydrogens is 745 g/mol. The van der Waals surface area contributed by atoms with E-state index >= 15 is 0 Å². The van der Waals surface area contributed by atoms with Gasteiger partial charge in [0.25, 0.3) is 10.1 Å². The van der Waals surface area contributed by atoms with Gasteiger partial charge in [0.15, 0.2) is 0 Å². The lowest BCUT2D eigenvalue weighted by Crippen LogP contribution is -2.14. The Morgan fingerprint density at radius 3 is 1.87 bits per heavy atom. The molecule has 30 heavy (non-hydrogen) atoms. The maximum absolute atomic E-state index is 13.2. The van der Waals surface area contributed by atoms with Crippen molar-refractivity contribution in [3.63, 3.8) is 0 Å². The number of carbonyl (C=O) groups excluding carboxylic acids is 1. The Balaban J connectivity index is 1.86. The molecule has 4 aromatic rings. The Labute approximate surface area is 213 Å². The molecule has 152 valence electrons. The average molecular weight is 756 g/mol. The number of halogens is 3. The topological polar surface area (TPSA) is 80.7 Å². The third-order valence-corrected chi connectivity index (χ3v) is 9.82. The Hall–Kier alpha value is -1.03. The van der Waals surface area contributed by atoms with Crippen molar-refractivity contribution >= 4 is 105 Å². The van der Waals surface area contributed by atoms with E-state index < -0.39 is 16.1 Å². The first-order valence-corrected chi connectivity index (χ1v) is 13.1. The first kappa shape index (κ1) is 22.2. The van der Waals surface area contributed by atoms with Gasteiger partial charge in [-0.1, -0.05) is 48.5 Å². The predicted molar refractivity (Wildman–Crippen MR) is 141 cm³/mol. The number of fused-ring (bicyclic) bond motifs is 2. The van der Waals surface area contributed by atoms with Gasteiger partial charge in [0, 0.05) is 21.5 Å². The van der Waals surface area contributed by atoms with E-state index in [0.717, 1.165) is 21.5 Å². The number of esters is 1. The fraction of sp³-hybridized carbons (Fsp3) is 0. The van der Waals surface area contributed by atoms with E-state index in [1.165, 1.54) is 12.1 Å². The molecule has 5 nitrogen and oxygen atoms in total. The molecular formula is C21H11I3O5S. The fourth-order valence-corrected chi connectivity index (χ4v) is 6.91. The zero-order valence-corrected chi connectivity index (χ0v) is 22.2. The monoisotopic (exact) mass is 756 g/mol. The predicted octanol–water partition coefficient (Wildman–Crippen LogP) is 6.27. The molecule has 0 aliphatic rings. The summed E-state index contributed by atoms with van der Waals surface area (Å²) in [4.78, 5) is 12.9. The summed E-state index contributed by atoms with van der Waals surface area (Å²) >= 11 is 6.52. The lowest BCUT2D eigenvalue weighted by Gasteiger charge is -2.14. The normalized spacial score (nSPS) is 11.7. The maximum atomic E-state index is 13.2. The van der Waals surface area contributed by atoms with Crippen molar-refractivity contribution in [3.8, 4) is 5.75 Å². The summed E-state index contributed by atoms with van der Waals surface area (Å²) in [6.45, 7) is 0. The highest BCUT2D eigenvalue weighted by molar-refractivity contribution is 14.1. The highest BCUT2D eigenvalue weighted by atomic mass is 127. The molecule has 9 heteroatoms. The third-order valence-electron chi connectivity index (χ3n) is 4.56. The smallest absolute Gasteiger partial charge is 0.345 e. The summed E-state index contributed by atoms with van der Waals surface area (Å²) in [6, 6.07) is 17.0. The molecule has 0 unspecified atom stereocenters. The van der Waals surface area contributed by atoms with Crippen LogP contribution in [-0.4, -0.2) is 18.9 Å². The van der Waals surface area contributed by atoms with Gasteiger partial charge in [0.1, 0.15) is 10.6 Å². The molecule has 0 aliphatic heterocycles. The number of ether oxygens (including phenoxy) is 1. The summed E-state index contributed by atoms with van der Waals surface area (Å²) < 4.78 is 41.2. The van der Waals surface area contributed by atoms with E-state index in [9.17, 15) is 17.8 Å². The molecule has 0 aliphatic carbocycles. The SMILES string of the molecule is O=C(Oc1ccc(S(=O)(=O)O)c2ccccc12)c1c(I)c(I)c2ccccc2c1I. The number of hydrogen-bond acceptors (Lipinski definition) is 4. The van der Waals surface area contributed by atoms with E-state index in [-0.39, 0.29) is 16.0 Å². The molecule has 0 radical (unpaired) electrons. The van der Waals surface area contributed by atoms with Crippen molar-refractivity contribution in [1.29, 1.82) is 0 Å². The molecule has 0 aromatic heterocycles. The van der Waals surface area contributed by atoms with Crippen molar-refractivity contribution in [2.45, 2.75) is 4.90 Å². The molecule has 0 bridgehead atoms. The summed E-state index contributed by atoms with van der Waals surface area (Å²) in [6.07, 6.45) is 0. The molecule has 0 saturated heterocycles. The molecule has 0 atom stereocenters. The van der Waals surface area contributed by atoms with Crippen LogP contribution in [0, 0.1) is 10.7 Å². The van der Waals surface area contributed by atoms with Crippen LogP contribution in [0.3, 0.4) is 0 Å². The Morgan fingerprint density at radius 1 is 0.733 bits per heavy atom. The molecule has 0 heterocycles. The first-order chi connectivity index (χ1) is 14.2. The van der Waals surface area contributed by atoms with E-state index in [1.807, 2.05) is 24.3 Å². The van der Waals surface area contributed by atoms with Gasteiger partial charge < -0.3 is 4.74 Å². The minimum atomic E-state index is -4.41. The highest BCUT2D eigenvalue weighted by Gasteiger charge is 2.24. The second-order valence-electron chi connectivity index (χ2n) is 6.33. The second kappa shape index (κ2) is 8.48. The minimum Gasteiger partial charge on any atom is -0.422 e. The second-order valence-corrected chi connectivity index (χ2v) is 11.0. The van der Waals surface area contributed by atoms with Gasteiger partial charge in [0.05, 0.1) is 5.56 Å². The Morgan fingerprint density at radius 2 is 1.27 bits per heavy atom. The van der Waals surface area contributed by atoms with Crippen molar-refractivity contribution in [2.75, 3.05) is 0 Å². The van der Waals surface area contributed by atoms with Crippen LogP contribution in [0.4, 0.5) is 0 Å². The summed E-state index contributed by atoms with van der Waals surface area (Å²) in [7, 11) is -4.41. The van der Waals surface area contributed by atoms with E-state index in [0.29, 0.717) is 10.9 Å². The lowest BCUT2D eigenvalue weighted by molar-refractivity contribution is 0.0735. The highest BCUT2D eigenvalue weighted by Crippen LogP contribution is 2.36. The Kier molecular flexibility index (Phi) is 6.27. The zero-order valence-electron chi connectivity index (χ0n) is 14.9. The molecule has 0 saturated carbocycles. The number of hydrogen-bond donors (Lipinski definition) is 1. The molecule has 0 spiro atoms. The van der Waals surface area contributed by atoms with E-state index in [1.54, 1.807) is 24.3 Å². The standard InChI is InChI=1S/C21H11I3O5S/c22-18-13-7-3-4-8-14(13)19(23)20(24)17(18)21(25)29-15-9-10-16(30(26,27)28)12-6-2-1-5-11(12)15/h1-10H,(H,26,27,28). The number of rotatable bonds is 3. The largest absolute Gasteiger partial charge is 0.422 e. The van der Waals surface area contributed by atoms with Crippen LogP contribution >= 0.6 is 67.8 Å². The lowest BCUT2D eigenvalue weighted by atomic mass is 10.1. The molecule has 1 N–H and O–H groups in total. The molecule has 0 fully saturated rings. The van der Waals surface area contributed by atoms with Crippen molar-refractivity contribution < 1.29 is 22.5 Å². The van der Waals surface area contributed by atoms with Crippen LogP contribution in [-0.2, 0) is 10.1 Å². The number of carbonyl (C=O) groups is 1. The summed E-state index contributed by atoms with van der Waals surface area (Å²) in [5.74, 6) is -0.310. The quantitative estimate of drug-likeness (QED) is 0.0877. The van der Waals surface area contributed by atoms with Gasteiger partial charge >= 0.3 is 5.97 Å². The van der Waals surface area contributed by atoms with Gasteiger partial charge in [0.2, 0.25) is 0 Å². The Bertz CT molecular complexity index is 1450. The van der Waals surface area contributed by atoms with E-state index in [4.69, 9.17) is 4.74 Å². The number of benzene rings is 4. The fourth-order valence-electron chi connectivity index (χ4n) is 3.21. The maximum Gasteiger partial charge on any atom is 0.345 e. The van der Waals surface area contributed by atoms with Crippen molar-refractivity contribution in [3.05, 3.63) is 76.9 Å². The van der Waals surface area contributed by atoms with Gasteiger partial charge in [-0.05, 0) is 90.7 Å². The van der Waals surface area contributed by atoms with Gasteiger partial charge in [-0.3, -0.25) is 4.55 Å².